The summed E-state index contributed by atoms with van der Waals surface area (Å²) < 4.78 is 8.55. The van der Waals surface area contributed by atoms with Gasteiger partial charge >= 0.3 is 52.8 Å². The molecule has 0 fully saturated rings. The van der Waals surface area contributed by atoms with E-state index >= 15 is 0 Å². The largest absolute Gasteiger partial charge is 0 e. The Morgan fingerprint density at radius 2 is 0.727 bits per heavy atom. The summed E-state index contributed by atoms with van der Waals surface area (Å²) in [4.78, 5) is 25.6. The van der Waals surface area contributed by atoms with E-state index in [0.717, 1.165) is 0 Å². The fraction of sp³-hybridized carbons (Fsp3) is 0. The molecule has 0 saturated carbocycles. The Labute approximate surface area is 136 Å². The molecule has 4 nitrogen and oxygen atoms in total. The Balaban J connectivity index is -0.00000000533. The molecule has 0 atom stereocenters. The third-order valence-corrected chi connectivity index (χ3v) is 0. The normalized spacial score (nSPS) is 5.36. The van der Waals surface area contributed by atoms with Crippen LogP contribution in [0.3, 0.4) is 0 Å². The summed E-state index contributed by atoms with van der Waals surface area (Å²) in [5.41, 5.74) is 0. The molecule has 11 heavy (non-hydrogen) atoms. The van der Waals surface area contributed by atoms with E-state index in [-0.39, 0.29) is 111 Å². The molecule has 59 valence electrons. The summed E-state index contributed by atoms with van der Waals surface area (Å²) in [6, 6.07) is 0. The van der Waals surface area contributed by atoms with Crippen molar-refractivity contribution in [2.24, 2.45) is 0 Å². The minimum atomic E-state index is -5.39. The van der Waals surface area contributed by atoms with Crippen LogP contribution < -0.4 is 14.7 Å². The van der Waals surface area contributed by atoms with Gasteiger partial charge in [-0.2, -0.15) is 7.82 Å². The fourth-order valence-electron chi connectivity index (χ4n) is 0. The third-order valence-electron chi connectivity index (χ3n) is 0. The summed E-state index contributed by atoms with van der Waals surface area (Å²) in [5.74, 6) is 0. The first-order chi connectivity index (χ1) is 2.00. The number of rotatable bonds is 0. The summed E-state index contributed by atoms with van der Waals surface area (Å²) >= 11 is 0. The summed E-state index contributed by atoms with van der Waals surface area (Å²) in [6.45, 7) is 0. The zero-order chi connectivity index (χ0) is 4.50. The van der Waals surface area contributed by atoms with Crippen LogP contribution in [0.15, 0.2) is 0 Å². The molecule has 3 radical (unpaired) electrons. The van der Waals surface area contributed by atoms with Crippen LogP contribution in [0.4, 0.5) is 0 Å². The molecular weight excluding hydrogens is 509 g/mol. The van der Waals surface area contributed by atoms with Crippen LogP contribution in [0.5, 0.6) is 0 Å². The minimum Gasteiger partial charge on any atom is 0 e. The first kappa shape index (κ1) is 46.7. The predicted octanol–water partition coefficient (Wildman–Crippen LogP) is -6.38. The van der Waals surface area contributed by atoms with Crippen molar-refractivity contribution in [3.8, 4) is 0 Å². The van der Waals surface area contributed by atoms with E-state index in [0.29, 0.717) is 0 Å². The second kappa shape index (κ2) is 23.4. The van der Waals surface area contributed by atoms with Crippen molar-refractivity contribution in [1.82, 2.24) is 0 Å². The topological polar surface area (TPSA) is 86.2 Å². The predicted molar refractivity (Wildman–Crippen MR) is 37.4 cm³/mol. The van der Waals surface area contributed by atoms with Crippen LogP contribution >= 0.6 is 7.82 Å². The van der Waals surface area contributed by atoms with Crippen LogP contribution in [0.25, 0.3) is 0 Å². The van der Waals surface area contributed by atoms with Crippen LogP contribution in [0.2, 0.25) is 0 Å². The van der Waals surface area contributed by atoms with Crippen LogP contribution in [-0.4, -0.2) is 52.8 Å². The molecule has 0 N–H and O–H groups in total. The van der Waals surface area contributed by atoms with Crippen LogP contribution in [0.1, 0.15) is 0 Å². The molecule has 0 aliphatic rings. The molecule has 0 unspecified atom stereocenters. The Morgan fingerprint density at radius 3 is 0.727 bits per heavy atom. The molecule has 0 amide bonds. The summed E-state index contributed by atoms with van der Waals surface area (Å²) in [5, 5.41) is 0. The van der Waals surface area contributed by atoms with Gasteiger partial charge in [0.05, 0.1) is 0 Å². The second-order valence-corrected chi connectivity index (χ2v) is 1.34. The maximum atomic E-state index is 8.55. The molecule has 0 bridgehead atoms. The first-order valence-corrected chi connectivity index (χ1v) is 2.19. The standard InChI is InChI=1S/3GeH3.H3O4P.3Zn/c;;;1-5(2,3)4;;;/h3*1H3;(H3,1,2,3,4);;;/p-3. The molecule has 0 aromatic carbocycles. The maximum Gasteiger partial charge on any atom is 0 e. The number of hydrogen-bond donors (Lipinski definition) is 0. The van der Waals surface area contributed by atoms with E-state index < -0.39 is 7.82 Å². The molecular formula is H9Ge3O4PZn3-3. The molecule has 0 rings (SSSR count). The molecule has 11 heteroatoms. The second-order valence-electron chi connectivity index (χ2n) is 0.447. The Bertz CT molecular complexity index is 66.7. The van der Waals surface area contributed by atoms with E-state index in [1.165, 1.54) is 0 Å². The molecule has 0 aliphatic heterocycles. The smallest absolute Gasteiger partial charge is 0 e. The van der Waals surface area contributed by atoms with Gasteiger partial charge in [-0.1, -0.05) is 0 Å². The average molecular weight is 518 g/mol. The van der Waals surface area contributed by atoms with Crippen molar-refractivity contribution in [3.05, 3.63) is 0 Å². The van der Waals surface area contributed by atoms with Gasteiger partial charge in [-0.15, -0.1) is 0 Å². The van der Waals surface area contributed by atoms with Gasteiger partial charge in [0.1, 0.15) is 0 Å². The molecule has 0 heterocycles. The van der Waals surface area contributed by atoms with Crippen molar-refractivity contribution in [2.45, 2.75) is 0 Å². The molecule has 0 saturated heterocycles. The van der Waals surface area contributed by atoms with Crippen LogP contribution in [-0.2, 0) is 63.0 Å². The van der Waals surface area contributed by atoms with Crippen molar-refractivity contribution in [2.75, 3.05) is 0 Å². The third kappa shape index (κ3) is 141. The SMILES string of the molecule is O=P([O-])([O-])[O-].[GeH3].[GeH3].[GeH3].[Zn].[Zn].[Zn]. The van der Waals surface area contributed by atoms with Gasteiger partial charge < -0.3 is 19.2 Å². The molecule has 0 aliphatic carbocycles. The Morgan fingerprint density at radius 1 is 0.727 bits per heavy atom. The van der Waals surface area contributed by atoms with E-state index in [9.17, 15) is 0 Å². The first-order valence-electron chi connectivity index (χ1n) is 0.730. The Hall–Kier alpha value is 3.61. The van der Waals surface area contributed by atoms with Gasteiger partial charge in [0, 0.05) is 58.4 Å². The number of phosphoric acid groups is 1. The van der Waals surface area contributed by atoms with Gasteiger partial charge in [-0.3, -0.25) is 0 Å². The van der Waals surface area contributed by atoms with Crippen LogP contribution in [0, 0.1) is 0 Å². The minimum absolute atomic E-state index is 0. The van der Waals surface area contributed by atoms with Gasteiger partial charge in [0.2, 0.25) is 0 Å². The van der Waals surface area contributed by atoms with E-state index in [1.54, 1.807) is 0 Å². The van der Waals surface area contributed by atoms with Crippen molar-refractivity contribution < 1.29 is 77.7 Å². The van der Waals surface area contributed by atoms with Crippen molar-refractivity contribution in [3.63, 3.8) is 0 Å². The van der Waals surface area contributed by atoms with Crippen molar-refractivity contribution >= 4 is 60.6 Å². The van der Waals surface area contributed by atoms with E-state index in [1.807, 2.05) is 0 Å². The van der Waals surface area contributed by atoms with Gasteiger partial charge in [-0.05, 0) is 0 Å². The maximum absolute atomic E-state index is 8.55. The van der Waals surface area contributed by atoms with Gasteiger partial charge in [0.15, 0.2) is 0 Å². The molecule has 0 spiro atoms. The fourth-order valence-corrected chi connectivity index (χ4v) is 0. The molecule has 0 aromatic rings. The van der Waals surface area contributed by atoms with Crippen molar-refractivity contribution in [1.29, 1.82) is 0 Å². The quantitative estimate of drug-likeness (QED) is 0.236. The van der Waals surface area contributed by atoms with Gasteiger partial charge in [0.25, 0.3) is 0 Å². The number of hydrogen-bond acceptors (Lipinski definition) is 4. The van der Waals surface area contributed by atoms with E-state index in [2.05, 4.69) is 0 Å². The zero-order valence-corrected chi connectivity index (χ0v) is 29.6. The molecule has 0 aromatic heterocycles. The monoisotopic (exact) mass is 518 g/mol. The Kier molecular flexibility index (Phi) is 99.6. The average Bonchev–Trinajstić information content (AvgIpc) is 0.722. The van der Waals surface area contributed by atoms with E-state index in [4.69, 9.17) is 19.2 Å². The van der Waals surface area contributed by atoms with Gasteiger partial charge in [-0.25, -0.2) is 0 Å². The zero-order valence-electron chi connectivity index (χ0n) is 7.20. The summed E-state index contributed by atoms with van der Waals surface area (Å²) in [7, 11) is -5.39. The summed E-state index contributed by atoms with van der Waals surface area (Å²) in [6.07, 6.45) is 0.